The van der Waals surface area contributed by atoms with E-state index in [1.807, 2.05) is 0 Å². The highest BCUT2D eigenvalue weighted by Gasteiger charge is 2.32. The van der Waals surface area contributed by atoms with Crippen LogP contribution in [0, 0.1) is 0 Å². The van der Waals surface area contributed by atoms with Gasteiger partial charge < -0.3 is 5.32 Å². The molecular formula is C15H15BrN4O3S2. The van der Waals surface area contributed by atoms with Crippen LogP contribution < -0.4 is 10.6 Å². The lowest BCUT2D eigenvalue weighted by Gasteiger charge is -2.26. The van der Waals surface area contributed by atoms with Crippen LogP contribution in [0.25, 0.3) is 0 Å². The molecule has 0 bridgehead atoms. The molecule has 1 aromatic heterocycles. The van der Waals surface area contributed by atoms with Crippen LogP contribution in [-0.4, -0.2) is 29.6 Å². The Kier molecular flexibility index (Phi) is 4.28. The van der Waals surface area contributed by atoms with Gasteiger partial charge in [-0.15, -0.1) is 0 Å². The zero-order valence-electron chi connectivity index (χ0n) is 13.0. The van der Waals surface area contributed by atoms with E-state index in [1.54, 1.807) is 18.2 Å². The van der Waals surface area contributed by atoms with E-state index in [2.05, 4.69) is 35.9 Å². The number of fused-ring (bicyclic) bond motifs is 1. The van der Waals surface area contributed by atoms with E-state index in [-0.39, 0.29) is 16.7 Å². The number of benzene rings is 1. The first-order chi connectivity index (χ1) is 11.9. The van der Waals surface area contributed by atoms with Crippen molar-refractivity contribution >= 4 is 48.5 Å². The van der Waals surface area contributed by atoms with Gasteiger partial charge in [0.1, 0.15) is 5.82 Å². The average Bonchev–Trinajstić information content (AvgIpc) is 3.30. The minimum atomic E-state index is -3.30. The van der Waals surface area contributed by atoms with E-state index in [4.69, 9.17) is 0 Å². The van der Waals surface area contributed by atoms with Crippen molar-refractivity contribution < 1.29 is 13.2 Å². The van der Waals surface area contributed by atoms with E-state index in [0.717, 1.165) is 34.7 Å². The van der Waals surface area contributed by atoms with Crippen molar-refractivity contribution in [3.05, 3.63) is 34.1 Å². The normalized spacial score (nSPS) is 21.4. The number of nitrogens with zero attached hydrogens (tertiary/aromatic N) is 2. The number of aromatic nitrogens is 2. The van der Waals surface area contributed by atoms with E-state index >= 15 is 0 Å². The van der Waals surface area contributed by atoms with Gasteiger partial charge >= 0.3 is 6.03 Å². The van der Waals surface area contributed by atoms with E-state index < -0.39 is 15.9 Å². The molecule has 132 valence electrons. The number of sulfone groups is 1. The summed E-state index contributed by atoms with van der Waals surface area (Å²) in [5, 5.41) is 5.99. The van der Waals surface area contributed by atoms with Crippen molar-refractivity contribution in [2.24, 2.45) is 0 Å². The Balaban J connectivity index is 1.50. The van der Waals surface area contributed by atoms with Crippen molar-refractivity contribution in [3.63, 3.8) is 0 Å². The molecule has 2 N–H and O–H groups in total. The molecule has 2 aromatic rings. The van der Waals surface area contributed by atoms with Crippen LogP contribution in [0.5, 0.6) is 0 Å². The summed E-state index contributed by atoms with van der Waals surface area (Å²) < 4.78 is 29.5. The monoisotopic (exact) mass is 442 g/mol. The highest BCUT2D eigenvalue weighted by molar-refractivity contribution is 9.10. The number of rotatable bonds is 3. The molecule has 1 unspecified atom stereocenters. The molecule has 0 saturated heterocycles. The second-order valence-corrected chi connectivity index (χ2v) is 9.92. The molecule has 2 heterocycles. The van der Waals surface area contributed by atoms with Crippen molar-refractivity contribution in [3.8, 4) is 0 Å². The van der Waals surface area contributed by atoms with Crippen molar-refractivity contribution in [1.82, 2.24) is 14.7 Å². The van der Waals surface area contributed by atoms with E-state index in [0.29, 0.717) is 23.0 Å². The lowest BCUT2D eigenvalue weighted by Crippen LogP contribution is -2.36. The molecule has 1 fully saturated rings. The lowest BCUT2D eigenvalue weighted by molar-refractivity contribution is 0.248. The number of amides is 2. The molecule has 1 aromatic carbocycles. The first-order valence-corrected chi connectivity index (χ1v) is 11.1. The summed E-state index contributed by atoms with van der Waals surface area (Å²) in [6.07, 6.45) is 2.54. The molecule has 0 radical (unpaired) electrons. The maximum atomic E-state index is 12.3. The predicted molar refractivity (Wildman–Crippen MR) is 97.6 cm³/mol. The first-order valence-electron chi connectivity index (χ1n) is 7.86. The Bertz CT molecular complexity index is 940. The lowest BCUT2D eigenvalue weighted by atomic mass is 10.0. The molecule has 2 amide bonds. The van der Waals surface area contributed by atoms with Crippen LogP contribution in [0.2, 0.25) is 0 Å². The summed E-state index contributed by atoms with van der Waals surface area (Å²) in [4.78, 5) is 16.9. The van der Waals surface area contributed by atoms with Gasteiger partial charge in [0.2, 0.25) is 5.13 Å². The summed E-state index contributed by atoms with van der Waals surface area (Å²) in [5.74, 6) is 1.23. The van der Waals surface area contributed by atoms with Crippen molar-refractivity contribution in [2.75, 3.05) is 11.1 Å². The van der Waals surface area contributed by atoms with Gasteiger partial charge in [0.25, 0.3) is 0 Å². The Morgan fingerprint density at radius 1 is 1.28 bits per heavy atom. The Hall–Kier alpha value is -1.52. The van der Waals surface area contributed by atoms with E-state index in [1.165, 1.54) is 0 Å². The molecule has 1 aliphatic carbocycles. The van der Waals surface area contributed by atoms with Gasteiger partial charge in [0.15, 0.2) is 9.84 Å². The highest BCUT2D eigenvalue weighted by atomic mass is 79.9. The SMILES string of the molecule is O=C(Nc1nc(C2CC2)ns1)NC1CCS(=O)(=O)c2ccc(Br)cc21. The number of nitrogens with one attached hydrogen (secondary N) is 2. The summed E-state index contributed by atoms with van der Waals surface area (Å²) >= 11 is 4.52. The molecule has 4 rings (SSSR count). The number of hydrogen-bond donors (Lipinski definition) is 2. The number of urea groups is 1. The van der Waals surface area contributed by atoms with Crippen LogP contribution >= 0.6 is 27.5 Å². The van der Waals surface area contributed by atoms with Crippen LogP contribution in [0.15, 0.2) is 27.6 Å². The van der Waals surface area contributed by atoms with Gasteiger partial charge in [-0.3, -0.25) is 5.32 Å². The Morgan fingerprint density at radius 2 is 2.08 bits per heavy atom. The maximum absolute atomic E-state index is 12.3. The van der Waals surface area contributed by atoms with Gasteiger partial charge in [0.05, 0.1) is 16.7 Å². The van der Waals surface area contributed by atoms with Gasteiger partial charge in [-0.25, -0.2) is 18.2 Å². The quantitative estimate of drug-likeness (QED) is 0.759. The summed E-state index contributed by atoms with van der Waals surface area (Å²) in [6, 6.07) is 4.24. The molecule has 2 aliphatic rings. The number of hydrogen-bond acceptors (Lipinski definition) is 6. The van der Waals surface area contributed by atoms with Gasteiger partial charge in [-0.05, 0) is 43.0 Å². The Labute approximate surface area is 157 Å². The van der Waals surface area contributed by atoms with Crippen LogP contribution in [0.1, 0.15) is 42.6 Å². The summed E-state index contributed by atoms with van der Waals surface area (Å²) in [6.45, 7) is 0. The molecule has 7 nitrogen and oxygen atoms in total. The zero-order valence-corrected chi connectivity index (χ0v) is 16.2. The number of carbonyl (C=O) groups excluding carboxylic acids is 1. The average molecular weight is 443 g/mol. The fourth-order valence-corrected chi connectivity index (χ4v) is 5.47. The molecular weight excluding hydrogens is 428 g/mol. The van der Waals surface area contributed by atoms with Crippen molar-refractivity contribution in [1.29, 1.82) is 0 Å². The number of carbonyl (C=O) groups is 1. The predicted octanol–water partition coefficient (Wildman–Crippen LogP) is 3.22. The minimum Gasteiger partial charge on any atom is -0.331 e. The third-order valence-corrected chi connectivity index (χ3v) is 7.22. The van der Waals surface area contributed by atoms with Crippen LogP contribution in [0.3, 0.4) is 0 Å². The fraction of sp³-hybridized carbons (Fsp3) is 0.400. The number of anilines is 1. The second-order valence-electron chi connectivity index (χ2n) is 6.17. The second kappa shape index (κ2) is 6.33. The third kappa shape index (κ3) is 3.56. The molecule has 1 saturated carbocycles. The summed E-state index contributed by atoms with van der Waals surface area (Å²) in [7, 11) is -3.30. The molecule has 10 heteroatoms. The van der Waals surface area contributed by atoms with Gasteiger partial charge in [-0.2, -0.15) is 4.37 Å². The van der Waals surface area contributed by atoms with Crippen LogP contribution in [0.4, 0.5) is 9.93 Å². The molecule has 0 spiro atoms. The standard InChI is InChI=1S/C15H15BrN4O3S2/c16-9-3-4-12-10(7-9)11(5-6-25(12,22)23)17-14(21)19-15-18-13(20-24-15)8-1-2-8/h3-4,7-8,11H,1-2,5-6H2,(H2,17,18,19,20,21). The smallest absolute Gasteiger partial charge is 0.321 e. The van der Waals surface area contributed by atoms with Gasteiger partial charge in [-0.1, -0.05) is 15.9 Å². The van der Waals surface area contributed by atoms with Gasteiger partial charge in [0, 0.05) is 21.9 Å². The zero-order chi connectivity index (χ0) is 17.6. The highest BCUT2D eigenvalue weighted by Crippen LogP contribution is 2.39. The van der Waals surface area contributed by atoms with Crippen LogP contribution in [-0.2, 0) is 9.84 Å². The van der Waals surface area contributed by atoms with E-state index in [9.17, 15) is 13.2 Å². The first kappa shape index (κ1) is 16.9. The number of halogens is 1. The summed E-state index contributed by atoms with van der Waals surface area (Å²) in [5.41, 5.74) is 0.603. The topological polar surface area (TPSA) is 101 Å². The third-order valence-electron chi connectivity index (χ3n) is 4.27. The van der Waals surface area contributed by atoms with Crippen molar-refractivity contribution in [2.45, 2.75) is 36.1 Å². The maximum Gasteiger partial charge on any atom is 0.321 e. The molecule has 1 atom stereocenters. The molecule has 25 heavy (non-hydrogen) atoms. The fourth-order valence-electron chi connectivity index (χ4n) is 2.85. The minimum absolute atomic E-state index is 0.0111. The Morgan fingerprint density at radius 3 is 2.84 bits per heavy atom. The molecule has 1 aliphatic heterocycles. The largest absolute Gasteiger partial charge is 0.331 e.